The molecule has 3 rings (SSSR count). The smallest absolute Gasteiger partial charge is 0.104 e. The molecule has 0 saturated carbocycles. The van der Waals surface area contributed by atoms with Gasteiger partial charge in [-0.05, 0) is 46.8 Å². The highest BCUT2D eigenvalue weighted by Crippen LogP contribution is 2.26. The standard InChI is InChI=1S/C15H12BrNO/c16-13-3-1-2-11(9-13)15(18)12-4-5-14-10(8-12)6-7-17-14/h1-9,15,17-18H. The van der Waals surface area contributed by atoms with Crippen molar-refractivity contribution in [1.82, 2.24) is 4.98 Å². The summed E-state index contributed by atoms with van der Waals surface area (Å²) in [5.74, 6) is 0. The minimum absolute atomic E-state index is 0.596. The van der Waals surface area contributed by atoms with Crippen LogP contribution in [0.2, 0.25) is 0 Å². The molecule has 1 unspecified atom stereocenters. The van der Waals surface area contributed by atoms with Crippen LogP contribution in [0.25, 0.3) is 10.9 Å². The Hall–Kier alpha value is -1.58. The van der Waals surface area contributed by atoms with Gasteiger partial charge in [0.15, 0.2) is 0 Å². The van der Waals surface area contributed by atoms with Gasteiger partial charge in [-0.2, -0.15) is 0 Å². The molecule has 2 nitrogen and oxygen atoms in total. The van der Waals surface area contributed by atoms with E-state index in [1.165, 1.54) is 0 Å². The third kappa shape index (κ3) is 2.07. The SMILES string of the molecule is OC(c1cccc(Br)c1)c1ccc2[nH]ccc2c1. The molecule has 0 aliphatic heterocycles. The van der Waals surface area contributed by atoms with Gasteiger partial charge in [-0.25, -0.2) is 0 Å². The van der Waals surface area contributed by atoms with Crippen LogP contribution in [0.4, 0.5) is 0 Å². The van der Waals surface area contributed by atoms with Crippen LogP contribution in [0.5, 0.6) is 0 Å². The highest BCUT2D eigenvalue weighted by Gasteiger charge is 2.11. The van der Waals surface area contributed by atoms with Crippen molar-refractivity contribution in [1.29, 1.82) is 0 Å². The van der Waals surface area contributed by atoms with E-state index in [2.05, 4.69) is 20.9 Å². The summed E-state index contributed by atoms with van der Waals surface area (Å²) in [5.41, 5.74) is 2.87. The molecule has 2 N–H and O–H groups in total. The summed E-state index contributed by atoms with van der Waals surface area (Å²) >= 11 is 3.42. The van der Waals surface area contributed by atoms with E-state index in [0.717, 1.165) is 26.5 Å². The molecule has 0 fully saturated rings. The molecule has 2 aromatic carbocycles. The highest BCUT2D eigenvalue weighted by molar-refractivity contribution is 9.10. The summed E-state index contributed by atoms with van der Waals surface area (Å²) < 4.78 is 0.974. The van der Waals surface area contributed by atoms with Crippen molar-refractivity contribution >= 4 is 26.8 Å². The van der Waals surface area contributed by atoms with Crippen molar-refractivity contribution in [2.75, 3.05) is 0 Å². The molecule has 0 radical (unpaired) electrons. The molecule has 0 amide bonds. The third-order valence-corrected chi connectivity index (χ3v) is 3.55. The molecule has 90 valence electrons. The van der Waals surface area contributed by atoms with Gasteiger partial charge >= 0.3 is 0 Å². The van der Waals surface area contributed by atoms with Crippen molar-refractivity contribution in [3.8, 4) is 0 Å². The first kappa shape index (κ1) is 11.5. The number of aromatic amines is 1. The van der Waals surface area contributed by atoms with Crippen LogP contribution in [-0.4, -0.2) is 10.1 Å². The van der Waals surface area contributed by atoms with Crippen LogP contribution < -0.4 is 0 Å². The zero-order valence-corrected chi connectivity index (χ0v) is 11.2. The van der Waals surface area contributed by atoms with E-state index in [0.29, 0.717) is 0 Å². The van der Waals surface area contributed by atoms with Gasteiger partial charge in [0.25, 0.3) is 0 Å². The Morgan fingerprint density at radius 1 is 1.00 bits per heavy atom. The Balaban J connectivity index is 2.02. The molecular formula is C15H12BrNO. The summed E-state index contributed by atoms with van der Waals surface area (Å²) in [7, 11) is 0. The molecule has 1 aromatic heterocycles. The van der Waals surface area contributed by atoms with Gasteiger partial charge in [-0.15, -0.1) is 0 Å². The van der Waals surface area contributed by atoms with Crippen LogP contribution >= 0.6 is 15.9 Å². The molecular weight excluding hydrogens is 290 g/mol. The third-order valence-electron chi connectivity index (χ3n) is 3.06. The van der Waals surface area contributed by atoms with Gasteiger partial charge in [-0.3, -0.25) is 0 Å². The summed E-state index contributed by atoms with van der Waals surface area (Å²) in [6.45, 7) is 0. The topological polar surface area (TPSA) is 36.0 Å². The van der Waals surface area contributed by atoms with E-state index in [1.807, 2.05) is 54.7 Å². The Morgan fingerprint density at radius 2 is 1.83 bits per heavy atom. The Labute approximate surface area is 113 Å². The number of nitrogens with one attached hydrogen (secondary N) is 1. The molecule has 0 bridgehead atoms. The number of H-pyrrole nitrogens is 1. The first-order chi connectivity index (χ1) is 8.74. The van der Waals surface area contributed by atoms with Crippen molar-refractivity contribution in [2.45, 2.75) is 6.10 Å². The maximum Gasteiger partial charge on any atom is 0.104 e. The normalized spacial score (nSPS) is 12.8. The van der Waals surface area contributed by atoms with Gasteiger partial charge < -0.3 is 10.1 Å². The van der Waals surface area contributed by atoms with Gasteiger partial charge in [0, 0.05) is 16.2 Å². The fourth-order valence-electron chi connectivity index (χ4n) is 2.11. The van der Waals surface area contributed by atoms with E-state index < -0.39 is 6.10 Å². The molecule has 18 heavy (non-hydrogen) atoms. The second kappa shape index (κ2) is 4.59. The van der Waals surface area contributed by atoms with Gasteiger partial charge in [0.05, 0.1) is 0 Å². The summed E-state index contributed by atoms with van der Waals surface area (Å²) in [5, 5.41) is 11.5. The maximum absolute atomic E-state index is 10.4. The maximum atomic E-state index is 10.4. The number of fused-ring (bicyclic) bond motifs is 1. The van der Waals surface area contributed by atoms with E-state index in [-0.39, 0.29) is 0 Å². The van der Waals surface area contributed by atoms with Crippen molar-refractivity contribution < 1.29 is 5.11 Å². The van der Waals surface area contributed by atoms with E-state index >= 15 is 0 Å². The Morgan fingerprint density at radius 3 is 2.67 bits per heavy atom. The van der Waals surface area contributed by atoms with E-state index in [9.17, 15) is 5.11 Å². The molecule has 0 saturated heterocycles. The number of rotatable bonds is 2. The molecule has 0 spiro atoms. The van der Waals surface area contributed by atoms with E-state index in [4.69, 9.17) is 0 Å². The quantitative estimate of drug-likeness (QED) is 0.737. The second-order valence-corrected chi connectivity index (χ2v) is 5.20. The van der Waals surface area contributed by atoms with Crippen molar-refractivity contribution in [3.05, 3.63) is 70.3 Å². The number of benzene rings is 2. The fraction of sp³-hybridized carbons (Fsp3) is 0.0667. The van der Waals surface area contributed by atoms with E-state index in [1.54, 1.807) is 0 Å². The first-order valence-corrected chi connectivity index (χ1v) is 6.54. The lowest BCUT2D eigenvalue weighted by atomic mass is 10.0. The fourth-order valence-corrected chi connectivity index (χ4v) is 2.53. The number of hydrogen-bond acceptors (Lipinski definition) is 1. The van der Waals surface area contributed by atoms with Crippen molar-refractivity contribution in [3.63, 3.8) is 0 Å². The first-order valence-electron chi connectivity index (χ1n) is 5.74. The zero-order chi connectivity index (χ0) is 12.5. The second-order valence-electron chi connectivity index (χ2n) is 4.28. The summed E-state index contributed by atoms with van der Waals surface area (Å²) in [6, 6.07) is 15.7. The van der Waals surface area contributed by atoms with Gasteiger partial charge in [0.1, 0.15) is 6.10 Å². The highest BCUT2D eigenvalue weighted by atomic mass is 79.9. The van der Waals surface area contributed by atoms with Crippen molar-refractivity contribution in [2.24, 2.45) is 0 Å². The molecule has 1 heterocycles. The lowest BCUT2D eigenvalue weighted by Crippen LogP contribution is -1.99. The summed E-state index contributed by atoms with van der Waals surface area (Å²) in [4.78, 5) is 3.15. The lowest BCUT2D eigenvalue weighted by Gasteiger charge is -2.12. The largest absolute Gasteiger partial charge is 0.384 e. The lowest BCUT2D eigenvalue weighted by molar-refractivity contribution is 0.220. The van der Waals surface area contributed by atoms with Crippen LogP contribution in [0.15, 0.2) is 59.2 Å². The number of halogens is 1. The Bertz CT molecular complexity index is 690. The van der Waals surface area contributed by atoms with Crippen LogP contribution in [-0.2, 0) is 0 Å². The average molecular weight is 302 g/mol. The molecule has 3 heteroatoms. The minimum Gasteiger partial charge on any atom is -0.384 e. The molecule has 0 aliphatic carbocycles. The average Bonchev–Trinajstić information content (AvgIpc) is 2.85. The predicted molar refractivity (Wildman–Crippen MR) is 76.5 cm³/mol. The van der Waals surface area contributed by atoms with Gasteiger partial charge in [-0.1, -0.05) is 34.1 Å². The number of aliphatic hydroxyl groups excluding tert-OH is 1. The Kier molecular flexibility index (Phi) is 2.94. The molecule has 0 aliphatic rings. The summed E-state index contributed by atoms with van der Waals surface area (Å²) in [6.07, 6.45) is 1.31. The van der Waals surface area contributed by atoms with Gasteiger partial charge in [0.2, 0.25) is 0 Å². The van der Waals surface area contributed by atoms with Crippen LogP contribution in [0.1, 0.15) is 17.2 Å². The number of aromatic nitrogens is 1. The molecule has 3 aromatic rings. The molecule has 1 atom stereocenters. The number of hydrogen-bond donors (Lipinski definition) is 2. The minimum atomic E-state index is -0.596. The monoisotopic (exact) mass is 301 g/mol. The predicted octanol–water partition coefficient (Wildman–Crippen LogP) is 4.01. The van der Waals surface area contributed by atoms with Crippen LogP contribution in [0.3, 0.4) is 0 Å². The van der Waals surface area contributed by atoms with Crippen LogP contribution in [0, 0.1) is 0 Å². The zero-order valence-electron chi connectivity index (χ0n) is 9.60. The number of aliphatic hydroxyl groups is 1.